The average Bonchev–Trinajstić information content (AvgIpc) is 3.88. The lowest BCUT2D eigenvalue weighted by atomic mass is 9.80. The number of aliphatic imine (C=N–C) groups is 2. The van der Waals surface area contributed by atoms with Crippen molar-refractivity contribution in [1.29, 1.82) is 0 Å². The van der Waals surface area contributed by atoms with E-state index in [1.807, 2.05) is 110 Å². The molecule has 0 unspecified atom stereocenters. The summed E-state index contributed by atoms with van der Waals surface area (Å²) in [6, 6.07) is 31.4. The minimum Gasteiger partial charge on any atom is -0.491 e. The van der Waals surface area contributed by atoms with Crippen LogP contribution < -0.4 is 30.4 Å². The third-order valence-corrected chi connectivity index (χ3v) is 10.6. The Morgan fingerprint density at radius 3 is 1.45 bits per heavy atom. The molecule has 0 amide bonds. The molecule has 6 aromatic rings. The number of nitrogens with zero attached hydrogens (tertiary/aromatic N) is 4. The first-order valence-corrected chi connectivity index (χ1v) is 21.8. The molecule has 0 saturated carbocycles. The predicted octanol–water partition coefficient (Wildman–Crippen LogP) is 7.34. The molecule has 2 atom stereocenters. The fourth-order valence-corrected chi connectivity index (χ4v) is 7.74. The van der Waals surface area contributed by atoms with E-state index in [1.54, 1.807) is 26.2 Å². The van der Waals surface area contributed by atoms with Crippen LogP contribution in [0.4, 0.5) is 0 Å². The Morgan fingerprint density at radius 1 is 0.682 bits per heavy atom. The summed E-state index contributed by atoms with van der Waals surface area (Å²) in [5.74, 6) is 4.13. The quantitative estimate of drug-likeness (QED) is 0.0740. The highest BCUT2D eigenvalue weighted by molar-refractivity contribution is 7.79. The molecule has 0 fully saturated rings. The normalized spacial score (nSPS) is 18.3. The van der Waals surface area contributed by atoms with E-state index in [2.05, 4.69) is 22.6 Å². The lowest BCUT2D eigenvalue weighted by Gasteiger charge is -2.34. The van der Waals surface area contributed by atoms with Gasteiger partial charge < -0.3 is 45.0 Å². The summed E-state index contributed by atoms with van der Waals surface area (Å²) < 4.78 is 67.0. The van der Waals surface area contributed by atoms with Crippen molar-refractivity contribution in [1.82, 2.24) is 9.97 Å². The second-order valence-corrected chi connectivity index (χ2v) is 17.3. The van der Waals surface area contributed by atoms with Crippen LogP contribution in [0.2, 0.25) is 0 Å². The van der Waals surface area contributed by atoms with Crippen LogP contribution >= 0.6 is 0 Å². The molecule has 17 nitrogen and oxygen atoms in total. The summed E-state index contributed by atoms with van der Waals surface area (Å²) in [4.78, 5) is 17.9. The number of hydrogen-bond acceptors (Lipinski definition) is 15. The molecule has 2 aromatic heterocycles. The van der Waals surface area contributed by atoms with Crippen molar-refractivity contribution in [3.05, 3.63) is 156 Å². The lowest BCUT2D eigenvalue weighted by molar-refractivity contribution is 0.0284. The van der Waals surface area contributed by atoms with Gasteiger partial charge in [-0.2, -0.15) is 8.42 Å². The zero-order valence-electron chi connectivity index (χ0n) is 36.0. The average molecular weight is 915 g/mol. The number of hydrogen-bond donors (Lipinski definition) is 5. The van der Waals surface area contributed by atoms with Crippen molar-refractivity contribution in [2.45, 2.75) is 37.5 Å². The van der Waals surface area contributed by atoms with Gasteiger partial charge in [0.1, 0.15) is 60.9 Å². The largest absolute Gasteiger partial charge is 0.491 e. The Hall–Kier alpha value is -7.51. The number of fused-ring (bicyclic) bond motifs is 8. The highest BCUT2D eigenvalue weighted by atomic mass is 32.3. The van der Waals surface area contributed by atoms with Crippen LogP contribution in [-0.2, 0) is 31.0 Å². The van der Waals surface area contributed by atoms with Crippen LogP contribution in [0.25, 0.3) is 22.3 Å². The molecule has 0 radical (unpaired) electrons. The van der Waals surface area contributed by atoms with E-state index >= 15 is 0 Å². The van der Waals surface area contributed by atoms with Crippen molar-refractivity contribution in [3.63, 3.8) is 0 Å². The van der Waals surface area contributed by atoms with Gasteiger partial charge in [-0.05, 0) is 110 Å². The van der Waals surface area contributed by atoms with Crippen LogP contribution in [0.5, 0.6) is 34.5 Å². The topological polar surface area (TPSA) is 253 Å². The lowest BCUT2D eigenvalue weighted by Crippen LogP contribution is -2.31. The fourth-order valence-electron chi connectivity index (χ4n) is 7.74. The van der Waals surface area contributed by atoms with Gasteiger partial charge in [-0.25, -0.2) is 9.98 Å². The van der Waals surface area contributed by atoms with Gasteiger partial charge in [-0.1, -0.05) is 30.8 Å². The molecule has 0 aliphatic carbocycles. The molecule has 6 heterocycles. The minimum atomic E-state index is -4.67. The molecule has 4 aliphatic heterocycles. The van der Waals surface area contributed by atoms with Gasteiger partial charge in [0.25, 0.3) is 12.0 Å². The van der Waals surface area contributed by atoms with Gasteiger partial charge in [0.05, 0.1) is 5.60 Å². The number of aliphatic hydroxyl groups is 1. The third kappa shape index (κ3) is 9.76. The molecule has 10 rings (SSSR count). The van der Waals surface area contributed by atoms with E-state index in [-0.39, 0.29) is 25.3 Å². The highest BCUT2D eigenvalue weighted by Gasteiger charge is 2.48. The van der Waals surface area contributed by atoms with E-state index in [4.69, 9.17) is 67.4 Å². The maximum absolute atomic E-state index is 10.0. The molecular weight excluding hydrogens is 869 g/mol. The molecule has 340 valence electrons. The summed E-state index contributed by atoms with van der Waals surface area (Å²) in [7, 11) is -4.67. The number of aromatic nitrogens is 2. The van der Waals surface area contributed by atoms with E-state index in [9.17, 15) is 5.11 Å². The minimum absolute atomic E-state index is 0.133. The maximum Gasteiger partial charge on any atom is 0.394 e. The van der Waals surface area contributed by atoms with E-state index in [0.29, 0.717) is 42.0 Å². The van der Waals surface area contributed by atoms with Gasteiger partial charge in [-0.15, -0.1) is 0 Å². The van der Waals surface area contributed by atoms with E-state index in [1.165, 1.54) is 0 Å². The van der Waals surface area contributed by atoms with Gasteiger partial charge in [0.15, 0.2) is 11.1 Å². The van der Waals surface area contributed by atoms with Crippen LogP contribution in [0.15, 0.2) is 144 Å². The maximum atomic E-state index is 10.0. The first-order chi connectivity index (χ1) is 31.4. The number of nitrogens with two attached hydrogens (primary N) is 2. The first kappa shape index (κ1) is 45.1. The number of ether oxygens (including phenoxy) is 6. The molecule has 2 spiro atoms. The fraction of sp³-hybridized carbons (Fsp3) is 0.208. The Morgan fingerprint density at radius 2 is 1.09 bits per heavy atom. The predicted molar refractivity (Wildman–Crippen MR) is 245 cm³/mol. The molecule has 4 aliphatic rings. The Kier molecular flexibility index (Phi) is 12.2. The van der Waals surface area contributed by atoms with Gasteiger partial charge >= 0.3 is 10.4 Å². The van der Waals surface area contributed by atoms with Gasteiger partial charge in [-0.3, -0.25) is 19.1 Å². The van der Waals surface area contributed by atoms with Crippen LogP contribution in [0, 0.1) is 0 Å². The standard InChI is InChI=1S/C24H23N3O4.C24H21N3O3.H2O4S/c1-23(2,28)13-29-17-6-8-21-19(11-17)24(14-30-22(25)27-24)18-10-15(5-7-20(18)31-21)16-4-3-9-26-12-16;1-15(2)13-28-18-6-8-22-20(11-18)24(14-29-23(25)27-24)19-10-16(5-7-21(19)30-22)17-4-3-9-26-12-17;1-5(2,3)4/h3-12,28H,13-14H2,1-2H3,(H2,25,27);3-12H,1,13-14H2,2H3,(H2,25,27);(H2,1,2,3,4)/t2*24-;/m00./s1. The van der Waals surface area contributed by atoms with Crippen molar-refractivity contribution in [3.8, 4) is 56.8 Å². The molecule has 0 bridgehead atoms. The van der Waals surface area contributed by atoms with Crippen LogP contribution in [0.3, 0.4) is 0 Å². The smallest absolute Gasteiger partial charge is 0.394 e. The summed E-state index contributed by atoms with van der Waals surface area (Å²) >= 11 is 0. The van der Waals surface area contributed by atoms with E-state index in [0.717, 1.165) is 55.8 Å². The van der Waals surface area contributed by atoms with E-state index < -0.39 is 27.1 Å². The molecule has 7 N–H and O–H groups in total. The van der Waals surface area contributed by atoms with Crippen LogP contribution in [0.1, 0.15) is 43.0 Å². The Bertz CT molecular complexity index is 2970. The molecule has 0 saturated heterocycles. The molecule has 66 heavy (non-hydrogen) atoms. The first-order valence-electron chi connectivity index (χ1n) is 20.4. The molecule has 4 aromatic carbocycles. The Balaban J connectivity index is 0.000000163. The zero-order chi connectivity index (χ0) is 46.9. The highest BCUT2D eigenvalue weighted by Crippen LogP contribution is 2.54. The summed E-state index contributed by atoms with van der Waals surface area (Å²) in [5.41, 5.74) is 17.7. The number of rotatable bonds is 8. The summed E-state index contributed by atoms with van der Waals surface area (Å²) in [6.07, 6.45) is 7.15. The second-order valence-electron chi connectivity index (χ2n) is 16.4. The number of pyridine rings is 2. The van der Waals surface area contributed by atoms with Gasteiger partial charge in [0.2, 0.25) is 0 Å². The van der Waals surface area contributed by atoms with Crippen molar-refractivity contribution >= 4 is 22.4 Å². The van der Waals surface area contributed by atoms with Crippen molar-refractivity contribution in [2.75, 3.05) is 26.4 Å². The molecular formula is C48H46N6O11S. The SMILES string of the molecule is C=C(C)COc1ccc2c(c1)[C@]1(COC(N)=N1)c1cc(-c3cccnc3)ccc1O2.CC(C)(O)COc1ccc2c(c1)[C@]1(COC(N)=N1)c1cc(-c3cccnc3)ccc1O2.O=S(=O)(O)O. The summed E-state index contributed by atoms with van der Waals surface area (Å²) in [5, 5.41) is 10.0. The van der Waals surface area contributed by atoms with Crippen molar-refractivity contribution in [2.24, 2.45) is 21.5 Å². The summed E-state index contributed by atoms with van der Waals surface area (Å²) in [6.45, 7) is 10.4. The number of amidine groups is 2. The van der Waals surface area contributed by atoms with Gasteiger partial charge in [0, 0.05) is 58.2 Å². The molecule has 18 heteroatoms. The van der Waals surface area contributed by atoms with Crippen LogP contribution in [-0.4, -0.2) is 76.7 Å². The Labute approximate surface area is 380 Å². The van der Waals surface area contributed by atoms with Crippen molar-refractivity contribution < 1.29 is 51.1 Å². The monoisotopic (exact) mass is 914 g/mol. The number of benzene rings is 4. The third-order valence-electron chi connectivity index (χ3n) is 10.6. The second kappa shape index (κ2) is 17.8. The zero-order valence-corrected chi connectivity index (χ0v) is 36.9.